The van der Waals surface area contributed by atoms with Crippen LogP contribution in [0, 0.1) is 0 Å². The number of carbonyl (C=O) groups is 1. The van der Waals surface area contributed by atoms with E-state index in [0.717, 1.165) is 43.3 Å². The molecule has 1 saturated carbocycles. The van der Waals surface area contributed by atoms with Crippen LogP contribution >= 0.6 is 0 Å². The number of aromatic nitrogens is 6. The third-order valence-corrected chi connectivity index (χ3v) is 5.36. The first-order valence-corrected chi connectivity index (χ1v) is 8.90. The molecule has 126 valence electrons. The number of aryl methyl sites for hydroxylation is 1. The smallest absolute Gasteiger partial charge is 0.292 e. The Bertz CT molecular complexity index is 803. The minimum absolute atomic E-state index is 0.0367. The Balaban J connectivity index is 1.44. The Morgan fingerprint density at radius 1 is 1.12 bits per heavy atom. The summed E-state index contributed by atoms with van der Waals surface area (Å²) < 4.78 is 3.97. The molecule has 0 saturated heterocycles. The lowest BCUT2D eigenvalue weighted by Crippen LogP contribution is -2.42. The van der Waals surface area contributed by atoms with Crippen molar-refractivity contribution in [2.45, 2.75) is 64.1 Å². The Morgan fingerprint density at radius 2 is 2.00 bits per heavy atom. The Labute approximate surface area is 139 Å². The van der Waals surface area contributed by atoms with Gasteiger partial charge in [0.05, 0.1) is 12.6 Å². The van der Waals surface area contributed by atoms with Crippen molar-refractivity contribution in [2.75, 3.05) is 6.54 Å². The van der Waals surface area contributed by atoms with Gasteiger partial charge in [0.15, 0.2) is 5.82 Å². The molecule has 1 amide bonds. The fourth-order valence-electron chi connectivity index (χ4n) is 3.77. The van der Waals surface area contributed by atoms with Crippen molar-refractivity contribution >= 4 is 5.91 Å². The van der Waals surface area contributed by atoms with Crippen molar-refractivity contribution in [1.82, 2.24) is 34.4 Å². The van der Waals surface area contributed by atoms with E-state index in [1.165, 1.54) is 12.8 Å². The van der Waals surface area contributed by atoms with Crippen LogP contribution < -0.4 is 0 Å². The van der Waals surface area contributed by atoms with Crippen LogP contribution in [-0.4, -0.2) is 46.9 Å². The summed E-state index contributed by atoms with van der Waals surface area (Å²) in [6.07, 6.45) is 5.49. The molecule has 8 heteroatoms. The van der Waals surface area contributed by atoms with Gasteiger partial charge >= 0.3 is 0 Å². The summed E-state index contributed by atoms with van der Waals surface area (Å²) in [6, 6.07) is -0.0807. The average molecular weight is 327 g/mol. The van der Waals surface area contributed by atoms with E-state index in [9.17, 15) is 4.79 Å². The van der Waals surface area contributed by atoms with E-state index < -0.39 is 0 Å². The SMILES string of the molecule is C[C@@H]1c2nc(C3CC3)nn2CCN1C(=O)c1nnc2n1CCCC2. The highest BCUT2D eigenvalue weighted by Crippen LogP contribution is 2.39. The quantitative estimate of drug-likeness (QED) is 0.830. The molecule has 4 heterocycles. The lowest BCUT2D eigenvalue weighted by Gasteiger charge is -2.32. The van der Waals surface area contributed by atoms with Crippen LogP contribution in [0.1, 0.15) is 72.7 Å². The first kappa shape index (κ1) is 14.1. The van der Waals surface area contributed by atoms with Crippen molar-refractivity contribution in [3.8, 4) is 0 Å². The lowest BCUT2D eigenvalue weighted by atomic mass is 10.1. The van der Waals surface area contributed by atoms with Gasteiger partial charge in [-0.1, -0.05) is 0 Å². The number of amides is 1. The van der Waals surface area contributed by atoms with Gasteiger partial charge < -0.3 is 9.47 Å². The topological polar surface area (TPSA) is 81.7 Å². The molecule has 2 aromatic rings. The zero-order chi connectivity index (χ0) is 16.3. The maximum atomic E-state index is 13.1. The first-order valence-electron chi connectivity index (χ1n) is 8.90. The molecular formula is C16H21N7O. The Kier molecular flexibility index (Phi) is 3.01. The largest absolute Gasteiger partial charge is 0.324 e. The highest BCUT2D eigenvalue weighted by atomic mass is 16.2. The zero-order valence-corrected chi connectivity index (χ0v) is 13.9. The highest BCUT2D eigenvalue weighted by Gasteiger charge is 2.36. The molecule has 0 N–H and O–H groups in total. The average Bonchev–Trinajstić information content (AvgIpc) is 3.21. The van der Waals surface area contributed by atoms with Gasteiger partial charge in [-0.25, -0.2) is 9.67 Å². The van der Waals surface area contributed by atoms with Crippen LogP contribution in [0.2, 0.25) is 0 Å². The second kappa shape index (κ2) is 5.12. The summed E-state index contributed by atoms with van der Waals surface area (Å²) in [6.45, 7) is 4.21. The molecule has 3 aliphatic rings. The van der Waals surface area contributed by atoms with Crippen LogP contribution in [0.3, 0.4) is 0 Å². The van der Waals surface area contributed by atoms with Gasteiger partial charge in [0, 0.05) is 25.4 Å². The van der Waals surface area contributed by atoms with Crippen molar-refractivity contribution in [3.63, 3.8) is 0 Å². The summed E-state index contributed by atoms with van der Waals surface area (Å²) in [5.74, 6) is 3.76. The summed E-state index contributed by atoms with van der Waals surface area (Å²) in [5, 5.41) is 13.0. The first-order chi connectivity index (χ1) is 11.7. The summed E-state index contributed by atoms with van der Waals surface area (Å²) in [4.78, 5) is 19.6. The molecule has 24 heavy (non-hydrogen) atoms. The van der Waals surface area contributed by atoms with E-state index in [4.69, 9.17) is 4.98 Å². The molecule has 0 spiro atoms. The van der Waals surface area contributed by atoms with Crippen molar-refractivity contribution < 1.29 is 4.79 Å². The summed E-state index contributed by atoms with van der Waals surface area (Å²) in [7, 11) is 0. The normalized spacial score (nSPS) is 23.0. The maximum Gasteiger partial charge on any atom is 0.292 e. The van der Waals surface area contributed by atoms with Gasteiger partial charge in [-0.2, -0.15) is 5.10 Å². The minimum atomic E-state index is -0.0807. The zero-order valence-electron chi connectivity index (χ0n) is 13.9. The minimum Gasteiger partial charge on any atom is -0.324 e. The third-order valence-electron chi connectivity index (χ3n) is 5.36. The van der Waals surface area contributed by atoms with Gasteiger partial charge in [0.2, 0.25) is 5.82 Å². The molecular weight excluding hydrogens is 306 g/mol. The number of fused-ring (bicyclic) bond motifs is 2. The van der Waals surface area contributed by atoms with E-state index in [1.807, 2.05) is 21.1 Å². The number of nitrogens with zero attached hydrogens (tertiary/aromatic N) is 7. The molecule has 5 rings (SSSR count). The fraction of sp³-hybridized carbons (Fsp3) is 0.688. The fourth-order valence-corrected chi connectivity index (χ4v) is 3.77. The van der Waals surface area contributed by atoms with Crippen LogP contribution in [0.25, 0.3) is 0 Å². The molecule has 1 aliphatic carbocycles. The second-order valence-electron chi connectivity index (χ2n) is 7.05. The third kappa shape index (κ3) is 2.08. The van der Waals surface area contributed by atoms with Gasteiger partial charge in [-0.05, 0) is 32.6 Å². The Morgan fingerprint density at radius 3 is 2.83 bits per heavy atom. The molecule has 0 radical (unpaired) electrons. The number of rotatable bonds is 2. The van der Waals surface area contributed by atoms with Gasteiger partial charge in [-0.15, -0.1) is 10.2 Å². The van der Waals surface area contributed by atoms with Crippen LogP contribution in [-0.2, 0) is 19.5 Å². The van der Waals surface area contributed by atoms with Crippen LogP contribution in [0.15, 0.2) is 0 Å². The molecule has 0 unspecified atom stereocenters. The van der Waals surface area contributed by atoms with E-state index in [1.54, 1.807) is 0 Å². The van der Waals surface area contributed by atoms with E-state index in [2.05, 4.69) is 15.3 Å². The highest BCUT2D eigenvalue weighted by molar-refractivity contribution is 5.91. The molecule has 1 atom stereocenters. The Hall–Kier alpha value is -2.25. The van der Waals surface area contributed by atoms with Crippen LogP contribution in [0.4, 0.5) is 0 Å². The molecule has 1 fully saturated rings. The number of hydrogen-bond acceptors (Lipinski definition) is 5. The van der Waals surface area contributed by atoms with Crippen molar-refractivity contribution in [2.24, 2.45) is 0 Å². The summed E-state index contributed by atoms with van der Waals surface area (Å²) >= 11 is 0. The van der Waals surface area contributed by atoms with Gasteiger partial charge in [0.25, 0.3) is 5.91 Å². The molecule has 8 nitrogen and oxygen atoms in total. The van der Waals surface area contributed by atoms with Crippen molar-refractivity contribution in [1.29, 1.82) is 0 Å². The predicted molar refractivity (Wildman–Crippen MR) is 84.4 cm³/mol. The van der Waals surface area contributed by atoms with E-state index >= 15 is 0 Å². The molecule has 2 aromatic heterocycles. The molecule has 0 aromatic carbocycles. The van der Waals surface area contributed by atoms with Gasteiger partial charge in [-0.3, -0.25) is 4.79 Å². The van der Waals surface area contributed by atoms with E-state index in [-0.39, 0.29) is 11.9 Å². The van der Waals surface area contributed by atoms with Crippen LogP contribution in [0.5, 0.6) is 0 Å². The number of carbonyl (C=O) groups excluding carboxylic acids is 1. The summed E-state index contributed by atoms with van der Waals surface area (Å²) in [5.41, 5.74) is 0. The monoisotopic (exact) mass is 327 g/mol. The standard InChI is InChI=1S/C16H21N7O/c1-10-14-17-13(11-5-6-11)20-23(14)9-8-21(10)16(24)15-19-18-12-4-2-3-7-22(12)15/h10-11H,2-9H2,1H3/t10-/m1/s1. The lowest BCUT2D eigenvalue weighted by molar-refractivity contribution is 0.0611. The second-order valence-corrected chi connectivity index (χ2v) is 7.05. The van der Waals surface area contributed by atoms with Gasteiger partial charge in [0.1, 0.15) is 11.6 Å². The molecule has 2 aliphatic heterocycles. The van der Waals surface area contributed by atoms with E-state index in [0.29, 0.717) is 24.8 Å². The number of hydrogen-bond donors (Lipinski definition) is 0. The molecule has 0 bridgehead atoms. The maximum absolute atomic E-state index is 13.1. The van der Waals surface area contributed by atoms with Crippen molar-refractivity contribution in [3.05, 3.63) is 23.3 Å². The predicted octanol–water partition coefficient (Wildman–Crippen LogP) is 1.30.